The van der Waals surface area contributed by atoms with Gasteiger partial charge in [-0.2, -0.15) is 0 Å². The van der Waals surface area contributed by atoms with Gasteiger partial charge >= 0.3 is 0 Å². The van der Waals surface area contributed by atoms with Crippen LogP contribution in [0.1, 0.15) is 44.7 Å². The van der Waals surface area contributed by atoms with Crippen molar-refractivity contribution in [3.63, 3.8) is 0 Å². The van der Waals surface area contributed by atoms with Gasteiger partial charge < -0.3 is 14.8 Å². The molecular formula is C17H27NO2. The van der Waals surface area contributed by atoms with Crippen molar-refractivity contribution in [3.8, 4) is 5.75 Å². The van der Waals surface area contributed by atoms with Gasteiger partial charge in [0.15, 0.2) is 0 Å². The fourth-order valence-electron chi connectivity index (χ4n) is 2.74. The second-order valence-corrected chi connectivity index (χ2v) is 5.42. The molecule has 1 heterocycles. The second-order valence-electron chi connectivity index (χ2n) is 5.42. The molecule has 20 heavy (non-hydrogen) atoms. The molecule has 1 fully saturated rings. The second kappa shape index (κ2) is 8.28. The maximum atomic E-state index is 6.11. The average Bonchev–Trinajstić information content (AvgIpc) is 2.52. The summed E-state index contributed by atoms with van der Waals surface area (Å²) in [4.78, 5) is 0. The van der Waals surface area contributed by atoms with Gasteiger partial charge in [-0.05, 0) is 37.8 Å². The molecule has 1 saturated heterocycles. The van der Waals surface area contributed by atoms with Gasteiger partial charge in [-0.25, -0.2) is 0 Å². The van der Waals surface area contributed by atoms with Gasteiger partial charge in [0.2, 0.25) is 0 Å². The van der Waals surface area contributed by atoms with Crippen molar-refractivity contribution < 1.29 is 9.47 Å². The monoisotopic (exact) mass is 277 g/mol. The van der Waals surface area contributed by atoms with Crippen LogP contribution in [0.3, 0.4) is 0 Å². The molecule has 1 unspecified atom stereocenters. The van der Waals surface area contributed by atoms with Crippen LogP contribution < -0.4 is 10.1 Å². The summed E-state index contributed by atoms with van der Waals surface area (Å²) >= 11 is 0. The van der Waals surface area contributed by atoms with E-state index in [1.54, 1.807) is 0 Å². The van der Waals surface area contributed by atoms with E-state index in [0.717, 1.165) is 51.4 Å². The number of ether oxygens (including phenoxy) is 2. The van der Waals surface area contributed by atoms with E-state index in [0.29, 0.717) is 12.0 Å². The van der Waals surface area contributed by atoms with Crippen molar-refractivity contribution in [1.82, 2.24) is 5.32 Å². The van der Waals surface area contributed by atoms with E-state index >= 15 is 0 Å². The van der Waals surface area contributed by atoms with Crippen LogP contribution >= 0.6 is 0 Å². The molecule has 2 rings (SSSR count). The topological polar surface area (TPSA) is 30.5 Å². The number of benzene rings is 1. The lowest BCUT2D eigenvalue weighted by molar-refractivity contribution is 0.0495. The van der Waals surface area contributed by atoms with Crippen LogP contribution in [0.25, 0.3) is 0 Å². The van der Waals surface area contributed by atoms with Crippen molar-refractivity contribution in [1.29, 1.82) is 0 Å². The quantitative estimate of drug-likeness (QED) is 0.826. The highest BCUT2D eigenvalue weighted by Gasteiger charge is 2.17. The first-order valence-electron chi connectivity index (χ1n) is 7.88. The lowest BCUT2D eigenvalue weighted by Crippen LogP contribution is -2.23. The van der Waals surface area contributed by atoms with Crippen molar-refractivity contribution >= 4 is 0 Å². The van der Waals surface area contributed by atoms with Crippen LogP contribution in [0.2, 0.25) is 0 Å². The van der Waals surface area contributed by atoms with Gasteiger partial charge in [0.25, 0.3) is 0 Å². The Morgan fingerprint density at radius 3 is 2.70 bits per heavy atom. The van der Waals surface area contributed by atoms with Gasteiger partial charge in [-0.1, -0.05) is 32.0 Å². The molecule has 1 aromatic rings. The number of hydrogen-bond donors (Lipinski definition) is 1. The largest absolute Gasteiger partial charge is 0.493 e. The Kier molecular flexibility index (Phi) is 6.34. The SMILES string of the molecule is CCNC(CC)c1ccccc1OCC1CCOCC1. The Balaban J connectivity index is 1.99. The molecule has 3 nitrogen and oxygen atoms in total. The number of rotatable bonds is 7. The molecule has 1 N–H and O–H groups in total. The molecule has 112 valence electrons. The number of hydrogen-bond acceptors (Lipinski definition) is 3. The Labute approximate surface area is 122 Å². The normalized spacial score (nSPS) is 17.9. The van der Waals surface area contributed by atoms with Gasteiger partial charge in [0.05, 0.1) is 6.61 Å². The summed E-state index contributed by atoms with van der Waals surface area (Å²) in [7, 11) is 0. The van der Waals surface area contributed by atoms with Crippen molar-refractivity contribution in [2.45, 2.75) is 39.2 Å². The third kappa shape index (κ3) is 4.22. The molecule has 0 aromatic heterocycles. The van der Waals surface area contributed by atoms with Crippen LogP contribution in [0.4, 0.5) is 0 Å². The Bertz CT molecular complexity index is 388. The third-order valence-electron chi connectivity index (χ3n) is 3.97. The van der Waals surface area contributed by atoms with Crippen molar-refractivity contribution in [2.24, 2.45) is 5.92 Å². The molecule has 1 aliphatic rings. The van der Waals surface area contributed by atoms with Crippen LogP contribution in [0.15, 0.2) is 24.3 Å². The molecule has 1 atom stereocenters. The van der Waals surface area contributed by atoms with E-state index in [2.05, 4.69) is 43.4 Å². The maximum absolute atomic E-state index is 6.11. The first-order valence-corrected chi connectivity index (χ1v) is 7.88. The van der Waals surface area contributed by atoms with Gasteiger partial charge in [-0.3, -0.25) is 0 Å². The summed E-state index contributed by atoms with van der Waals surface area (Å²) in [6.45, 7) is 7.90. The molecule has 3 heteroatoms. The predicted octanol–water partition coefficient (Wildman–Crippen LogP) is 3.55. The zero-order valence-electron chi connectivity index (χ0n) is 12.7. The lowest BCUT2D eigenvalue weighted by Gasteiger charge is -2.24. The Morgan fingerprint density at radius 2 is 2.00 bits per heavy atom. The first kappa shape index (κ1) is 15.3. The molecule has 0 saturated carbocycles. The van der Waals surface area contributed by atoms with Crippen LogP contribution in [0.5, 0.6) is 5.75 Å². The summed E-state index contributed by atoms with van der Waals surface area (Å²) in [5, 5.41) is 3.53. The third-order valence-corrected chi connectivity index (χ3v) is 3.97. The summed E-state index contributed by atoms with van der Waals surface area (Å²) in [6, 6.07) is 8.80. The maximum Gasteiger partial charge on any atom is 0.124 e. The van der Waals surface area contributed by atoms with E-state index in [4.69, 9.17) is 9.47 Å². The zero-order chi connectivity index (χ0) is 14.2. The first-order chi connectivity index (χ1) is 9.85. The van der Waals surface area contributed by atoms with Gasteiger partial charge in [-0.15, -0.1) is 0 Å². The number of para-hydroxylation sites is 1. The van der Waals surface area contributed by atoms with Crippen molar-refractivity contribution in [3.05, 3.63) is 29.8 Å². The highest BCUT2D eigenvalue weighted by atomic mass is 16.5. The smallest absolute Gasteiger partial charge is 0.124 e. The van der Waals surface area contributed by atoms with Gasteiger partial charge in [0.1, 0.15) is 5.75 Å². The highest BCUT2D eigenvalue weighted by molar-refractivity contribution is 5.36. The van der Waals surface area contributed by atoms with E-state index in [-0.39, 0.29) is 0 Å². The van der Waals surface area contributed by atoms with Crippen molar-refractivity contribution in [2.75, 3.05) is 26.4 Å². The molecule has 0 bridgehead atoms. The average molecular weight is 277 g/mol. The molecular weight excluding hydrogens is 250 g/mol. The number of nitrogens with one attached hydrogen (secondary N) is 1. The molecule has 1 aliphatic heterocycles. The zero-order valence-corrected chi connectivity index (χ0v) is 12.7. The fraction of sp³-hybridized carbons (Fsp3) is 0.647. The minimum Gasteiger partial charge on any atom is -0.493 e. The van der Waals surface area contributed by atoms with Crippen LogP contribution in [-0.4, -0.2) is 26.4 Å². The molecule has 0 amide bonds. The Morgan fingerprint density at radius 1 is 1.25 bits per heavy atom. The minimum absolute atomic E-state index is 0.380. The predicted molar refractivity (Wildman–Crippen MR) is 82.2 cm³/mol. The Hall–Kier alpha value is -1.06. The summed E-state index contributed by atoms with van der Waals surface area (Å²) in [5.41, 5.74) is 1.28. The standard InChI is InChI=1S/C17H27NO2/c1-3-16(18-4-2)15-7-5-6-8-17(15)20-13-14-9-11-19-12-10-14/h5-8,14,16,18H,3-4,9-13H2,1-2H3. The summed E-state index contributed by atoms with van der Waals surface area (Å²) < 4.78 is 11.5. The molecule has 1 aromatic carbocycles. The minimum atomic E-state index is 0.380. The van der Waals surface area contributed by atoms with E-state index in [9.17, 15) is 0 Å². The molecule has 0 spiro atoms. The van der Waals surface area contributed by atoms with E-state index in [1.165, 1.54) is 5.56 Å². The van der Waals surface area contributed by atoms with E-state index in [1.807, 2.05) is 0 Å². The highest BCUT2D eigenvalue weighted by Crippen LogP contribution is 2.28. The summed E-state index contributed by atoms with van der Waals surface area (Å²) in [6.07, 6.45) is 3.31. The van der Waals surface area contributed by atoms with Gasteiger partial charge in [0, 0.05) is 24.8 Å². The molecule has 0 aliphatic carbocycles. The molecule has 0 radical (unpaired) electrons. The lowest BCUT2D eigenvalue weighted by atomic mass is 10.0. The van der Waals surface area contributed by atoms with E-state index < -0.39 is 0 Å². The van der Waals surface area contributed by atoms with Crippen LogP contribution in [-0.2, 0) is 4.74 Å². The fourth-order valence-corrected chi connectivity index (χ4v) is 2.74. The van der Waals surface area contributed by atoms with Crippen LogP contribution in [0, 0.1) is 5.92 Å². The summed E-state index contributed by atoms with van der Waals surface area (Å²) in [5.74, 6) is 1.67.